The minimum Gasteiger partial charge on any atom is -0.507 e. The van der Waals surface area contributed by atoms with E-state index in [9.17, 15) is 5.11 Å². The van der Waals surface area contributed by atoms with Gasteiger partial charge in [-0.2, -0.15) is 0 Å². The molecule has 1 N–H and O–H groups in total. The van der Waals surface area contributed by atoms with E-state index in [-0.39, 0.29) is 5.75 Å². The lowest BCUT2D eigenvalue weighted by Crippen LogP contribution is -1.86. The van der Waals surface area contributed by atoms with Gasteiger partial charge in [0.05, 0.1) is 5.69 Å². The number of rotatable bonds is 4. The van der Waals surface area contributed by atoms with Crippen LogP contribution in [0.2, 0.25) is 0 Å². The smallest absolute Gasteiger partial charge is 0.131 e. The van der Waals surface area contributed by atoms with Crippen molar-refractivity contribution in [1.82, 2.24) is 0 Å². The maximum absolute atomic E-state index is 11.0. The fourth-order valence-corrected chi connectivity index (χ4v) is 3.48. The van der Waals surface area contributed by atoms with Crippen molar-refractivity contribution in [3.05, 3.63) is 107 Å². The van der Waals surface area contributed by atoms with Crippen LogP contribution >= 0.6 is 15.9 Å². The van der Waals surface area contributed by atoms with Gasteiger partial charge in [-0.15, -0.1) is 0 Å². The quantitative estimate of drug-likeness (QED) is 0.342. The molecule has 4 aromatic rings. The highest BCUT2D eigenvalue weighted by molar-refractivity contribution is 9.10. The van der Waals surface area contributed by atoms with Crippen molar-refractivity contribution in [2.45, 2.75) is 0 Å². The topological polar surface area (TPSA) is 32.6 Å². The van der Waals surface area contributed by atoms with Crippen LogP contribution < -0.4 is 0 Å². The Morgan fingerprint density at radius 2 is 1.18 bits per heavy atom. The Morgan fingerprint density at radius 3 is 1.71 bits per heavy atom. The minimum atomic E-state index is 0.261. The summed E-state index contributed by atoms with van der Waals surface area (Å²) in [6, 6.07) is 31.6. The second-order valence-electron chi connectivity index (χ2n) is 6.40. The van der Waals surface area contributed by atoms with Gasteiger partial charge in [0.1, 0.15) is 5.75 Å². The molecule has 4 aromatic carbocycles. The molecule has 136 valence electrons. The van der Waals surface area contributed by atoms with Crippen LogP contribution in [0.5, 0.6) is 5.75 Å². The molecule has 0 aromatic heterocycles. The molecule has 0 saturated heterocycles. The summed E-state index contributed by atoms with van der Waals surface area (Å²) in [6.07, 6.45) is 1.83. The minimum absolute atomic E-state index is 0.261. The standard InChI is InChI=1S/C25H18BrNO/c26-24-14-8-7-13-20(24)17-27-21-15-22(18-9-3-1-4-10-18)25(28)23(16-21)19-11-5-2-6-12-19/h1-17,28H. The van der Waals surface area contributed by atoms with E-state index in [1.807, 2.05) is 103 Å². The van der Waals surface area contributed by atoms with Crippen LogP contribution in [0.3, 0.4) is 0 Å². The van der Waals surface area contributed by atoms with E-state index in [0.717, 1.165) is 38.0 Å². The number of halogens is 1. The largest absolute Gasteiger partial charge is 0.507 e. The number of hydrogen-bond acceptors (Lipinski definition) is 2. The van der Waals surface area contributed by atoms with Crippen molar-refractivity contribution >= 4 is 27.8 Å². The number of nitrogens with zero attached hydrogens (tertiary/aromatic N) is 1. The summed E-state index contributed by atoms with van der Waals surface area (Å²) >= 11 is 3.55. The number of aliphatic imine (C=N–C) groups is 1. The molecular weight excluding hydrogens is 410 g/mol. The fraction of sp³-hybridized carbons (Fsp3) is 0. The zero-order chi connectivity index (χ0) is 19.3. The van der Waals surface area contributed by atoms with E-state index in [2.05, 4.69) is 20.9 Å². The van der Waals surface area contributed by atoms with Gasteiger partial charge in [-0.3, -0.25) is 4.99 Å². The lowest BCUT2D eigenvalue weighted by Gasteiger charge is -2.12. The van der Waals surface area contributed by atoms with Crippen LogP contribution in [0, 0.1) is 0 Å². The lowest BCUT2D eigenvalue weighted by atomic mass is 9.96. The van der Waals surface area contributed by atoms with Gasteiger partial charge >= 0.3 is 0 Å². The predicted octanol–water partition coefficient (Wildman–Crippen LogP) is 7.24. The molecule has 0 amide bonds. The van der Waals surface area contributed by atoms with Gasteiger partial charge in [0.25, 0.3) is 0 Å². The second kappa shape index (κ2) is 8.24. The number of benzene rings is 4. The normalized spacial score (nSPS) is 11.0. The molecule has 4 rings (SSSR count). The first-order valence-corrected chi connectivity index (χ1v) is 9.78. The van der Waals surface area contributed by atoms with Gasteiger partial charge in [-0.05, 0) is 29.3 Å². The monoisotopic (exact) mass is 427 g/mol. The van der Waals surface area contributed by atoms with Gasteiger partial charge in [-0.1, -0.05) is 94.8 Å². The van der Waals surface area contributed by atoms with Gasteiger partial charge in [0, 0.05) is 27.4 Å². The van der Waals surface area contributed by atoms with E-state index in [1.54, 1.807) is 0 Å². The highest BCUT2D eigenvalue weighted by Gasteiger charge is 2.13. The first kappa shape index (κ1) is 18.2. The Balaban J connectivity index is 1.86. The van der Waals surface area contributed by atoms with Crippen molar-refractivity contribution < 1.29 is 5.11 Å². The molecule has 0 heterocycles. The third kappa shape index (κ3) is 3.90. The summed E-state index contributed by atoms with van der Waals surface area (Å²) in [5.41, 5.74) is 5.22. The molecule has 2 nitrogen and oxygen atoms in total. The lowest BCUT2D eigenvalue weighted by molar-refractivity contribution is 0.479. The third-order valence-corrected chi connectivity index (χ3v) is 5.24. The number of phenolic OH excluding ortho intramolecular Hbond substituents is 1. The SMILES string of the molecule is Oc1c(-c2ccccc2)cc(N=Cc2ccccc2Br)cc1-c1ccccc1. The Labute approximate surface area is 173 Å². The highest BCUT2D eigenvalue weighted by Crippen LogP contribution is 2.41. The van der Waals surface area contributed by atoms with Crippen molar-refractivity contribution in [2.24, 2.45) is 4.99 Å². The first-order valence-electron chi connectivity index (χ1n) is 8.99. The fourth-order valence-electron chi connectivity index (χ4n) is 3.09. The Kier molecular flexibility index (Phi) is 5.36. The molecule has 0 aliphatic heterocycles. The van der Waals surface area contributed by atoms with Gasteiger partial charge < -0.3 is 5.11 Å². The van der Waals surface area contributed by atoms with Gasteiger partial charge in [0.15, 0.2) is 0 Å². The molecule has 0 fully saturated rings. The van der Waals surface area contributed by atoms with E-state index in [1.165, 1.54) is 0 Å². The van der Waals surface area contributed by atoms with Crippen LogP contribution in [-0.4, -0.2) is 11.3 Å². The zero-order valence-corrected chi connectivity index (χ0v) is 16.7. The van der Waals surface area contributed by atoms with Crippen LogP contribution in [0.15, 0.2) is 107 Å². The van der Waals surface area contributed by atoms with Crippen molar-refractivity contribution in [1.29, 1.82) is 0 Å². The summed E-state index contributed by atoms with van der Waals surface area (Å²) in [5.74, 6) is 0.261. The second-order valence-corrected chi connectivity index (χ2v) is 7.26. The average Bonchev–Trinajstić information content (AvgIpc) is 2.75. The molecular formula is C25H18BrNO. The summed E-state index contributed by atoms with van der Waals surface area (Å²) in [7, 11) is 0. The Bertz CT molecular complexity index is 1060. The van der Waals surface area contributed by atoms with Gasteiger partial charge in [-0.25, -0.2) is 0 Å². The van der Waals surface area contributed by atoms with Crippen molar-refractivity contribution in [3.63, 3.8) is 0 Å². The molecule has 0 spiro atoms. The van der Waals surface area contributed by atoms with Gasteiger partial charge in [0.2, 0.25) is 0 Å². The summed E-state index contributed by atoms with van der Waals surface area (Å²) in [4.78, 5) is 4.68. The van der Waals surface area contributed by atoms with E-state index >= 15 is 0 Å². The summed E-state index contributed by atoms with van der Waals surface area (Å²) in [6.45, 7) is 0. The molecule has 0 aliphatic rings. The Morgan fingerprint density at radius 1 is 0.679 bits per heavy atom. The number of phenols is 1. The van der Waals surface area contributed by atoms with E-state index < -0.39 is 0 Å². The van der Waals surface area contributed by atoms with Crippen LogP contribution in [0.25, 0.3) is 22.3 Å². The molecule has 0 saturated carbocycles. The maximum Gasteiger partial charge on any atom is 0.131 e. The van der Waals surface area contributed by atoms with Crippen molar-refractivity contribution in [2.75, 3.05) is 0 Å². The molecule has 0 bridgehead atoms. The Hall–Kier alpha value is -3.17. The number of aromatic hydroxyl groups is 1. The van der Waals surface area contributed by atoms with Crippen LogP contribution in [-0.2, 0) is 0 Å². The molecule has 0 radical (unpaired) electrons. The zero-order valence-electron chi connectivity index (χ0n) is 15.1. The average molecular weight is 428 g/mol. The molecule has 0 unspecified atom stereocenters. The summed E-state index contributed by atoms with van der Waals surface area (Å²) in [5, 5.41) is 11.0. The molecule has 0 aliphatic carbocycles. The number of hydrogen-bond donors (Lipinski definition) is 1. The van der Waals surface area contributed by atoms with Crippen molar-refractivity contribution in [3.8, 4) is 28.0 Å². The highest BCUT2D eigenvalue weighted by atomic mass is 79.9. The van der Waals surface area contributed by atoms with Crippen LogP contribution in [0.1, 0.15) is 5.56 Å². The maximum atomic E-state index is 11.0. The molecule has 28 heavy (non-hydrogen) atoms. The first-order chi connectivity index (χ1) is 13.7. The van der Waals surface area contributed by atoms with E-state index in [4.69, 9.17) is 0 Å². The molecule has 0 atom stereocenters. The van der Waals surface area contributed by atoms with Crippen LogP contribution in [0.4, 0.5) is 5.69 Å². The predicted molar refractivity (Wildman–Crippen MR) is 120 cm³/mol. The third-order valence-electron chi connectivity index (χ3n) is 4.52. The van der Waals surface area contributed by atoms with E-state index in [0.29, 0.717) is 0 Å². The molecule has 3 heteroatoms. The summed E-state index contributed by atoms with van der Waals surface area (Å²) < 4.78 is 0.990.